The van der Waals surface area contributed by atoms with Crippen molar-refractivity contribution in [3.05, 3.63) is 48.5 Å². The first-order valence-electron chi connectivity index (χ1n) is 9.50. The standard InChI is InChI=1S/C22H27N3O3/c1-14(2)28-20-8-6-5-7-19(20)24-22(27)18-13-17(18)21(26)23-15-9-11-16(12-10-15)25(3)4/h5-12,14,17-18H,13H2,1-4H3,(H,23,26)(H,24,27). The lowest BCUT2D eigenvalue weighted by Gasteiger charge is -2.15. The maximum Gasteiger partial charge on any atom is 0.228 e. The first-order valence-corrected chi connectivity index (χ1v) is 9.50. The molecule has 2 aromatic carbocycles. The molecule has 2 amide bonds. The normalized spacial score (nSPS) is 17.8. The lowest BCUT2D eigenvalue weighted by atomic mass is 10.2. The summed E-state index contributed by atoms with van der Waals surface area (Å²) in [5.74, 6) is -0.249. The molecule has 0 aromatic heterocycles. The van der Waals surface area contributed by atoms with Gasteiger partial charge < -0.3 is 20.3 Å². The molecule has 0 aliphatic heterocycles. The van der Waals surface area contributed by atoms with E-state index in [1.807, 2.05) is 75.3 Å². The molecular formula is C22H27N3O3. The highest BCUT2D eigenvalue weighted by Gasteiger charge is 2.48. The van der Waals surface area contributed by atoms with E-state index in [2.05, 4.69) is 10.6 Å². The minimum atomic E-state index is -0.312. The molecule has 2 atom stereocenters. The molecule has 6 nitrogen and oxygen atoms in total. The Balaban J connectivity index is 1.56. The fourth-order valence-corrected chi connectivity index (χ4v) is 3.00. The maximum absolute atomic E-state index is 12.5. The SMILES string of the molecule is CC(C)Oc1ccccc1NC(=O)C1CC1C(=O)Nc1ccc(N(C)C)cc1. The van der Waals surface area contributed by atoms with E-state index in [1.165, 1.54) is 0 Å². The van der Waals surface area contributed by atoms with E-state index in [9.17, 15) is 9.59 Å². The van der Waals surface area contributed by atoms with Gasteiger partial charge in [-0.05, 0) is 56.7 Å². The number of anilines is 3. The van der Waals surface area contributed by atoms with Crippen LogP contribution in [0.3, 0.4) is 0 Å². The number of hydrogen-bond acceptors (Lipinski definition) is 4. The van der Waals surface area contributed by atoms with Crippen molar-refractivity contribution in [2.75, 3.05) is 29.6 Å². The Morgan fingerprint density at radius 3 is 2.18 bits per heavy atom. The van der Waals surface area contributed by atoms with Gasteiger partial charge in [0.25, 0.3) is 0 Å². The van der Waals surface area contributed by atoms with E-state index in [4.69, 9.17) is 4.74 Å². The van der Waals surface area contributed by atoms with Crippen molar-refractivity contribution in [3.8, 4) is 5.75 Å². The topological polar surface area (TPSA) is 70.7 Å². The summed E-state index contributed by atoms with van der Waals surface area (Å²) in [5.41, 5.74) is 2.42. The van der Waals surface area contributed by atoms with Crippen LogP contribution in [0, 0.1) is 11.8 Å². The Bertz CT molecular complexity index is 846. The number of para-hydroxylation sites is 2. The van der Waals surface area contributed by atoms with Crippen LogP contribution >= 0.6 is 0 Å². The first-order chi connectivity index (χ1) is 13.3. The third-order valence-electron chi connectivity index (χ3n) is 4.62. The highest BCUT2D eigenvalue weighted by molar-refractivity contribution is 6.03. The van der Waals surface area contributed by atoms with E-state index in [0.717, 1.165) is 11.4 Å². The number of hydrogen-bond donors (Lipinski definition) is 2. The third-order valence-corrected chi connectivity index (χ3v) is 4.62. The fourth-order valence-electron chi connectivity index (χ4n) is 3.00. The average molecular weight is 381 g/mol. The smallest absolute Gasteiger partial charge is 0.228 e. The molecule has 0 bridgehead atoms. The first kappa shape index (κ1) is 19.7. The summed E-state index contributed by atoms with van der Waals surface area (Å²) in [6.07, 6.45) is 0.567. The molecule has 1 aliphatic carbocycles. The van der Waals surface area contributed by atoms with Gasteiger partial charge in [0.1, 0.15) is 5.75 Å². The van der Waals surface area contributed by atoms with Crippen LogP contribution in [0.15, 0.2) is 48.5 Å². The van der Waals surface area contributed by atoms with E-state index in [0.29, 0.717) is 17.9 Å². The van der Waals surface area contributed by atoms with Crippen LogP contribution in [-0.4, -0.2) is 32.0 Å². The number of benzene rings is 2. The molecule has 2 N–H and O–H groups in total. The molecule has 0 heterocycles. The number of carbonyl (C=O) groups excluding carboxylic acids is 2. The van der Waals surface area contributed by atoms with Gasteiger partial charge in [-0.1, -0.05) is 12.1 Å². The molecule has 6 heteroatoms. The number of nitrogens with one attached hydrogen (secondary N) is 2. The summed E-state index contributed by atoms with van der Waals surface area (Å²) >= 11 is 0. The van der Waals surface area contributed by atoms with Crippen molar-refractivity contribution in [1.29, 1.82) is 0 Å². The molecule has 2 aromatic rings. The van der Waals surface area contributed by atoms with Gasteiger partial charge in [0.2, 0.25) is 11.8 Å². The predicted molar refractivity (Wildman–Crippen MR) is 112 cm³/mol. The molecule has 0 radical (unpaired) electrons. The predicted octanol–water partition coefficient (Wildman–Crippen LogP) is 3.75. The van der Waals surface area contributed by atoms with Crippen molar-refractivity contribution < 1.29 is 14.3 Å². The van der Waals surface area contributed by atoms with E-state index in [-0.39, 0.29) is 29.8 Å². The largest absolute Gasteiger partial charge is 0.489 e. The van der Waals surface area contributed by atoms with E-state index >= 15 is 0 Å². The van der Waals surface area contributed by atoms with Gasteiger partial charge >= 0.3 is 0 Å². The second-order valence-electron chi connectivity index (χ2n) is 7.53. The monoisotopic (exact) mass is 381 g/mol. The summed E-state index contributed by atoms with van der Waals surface area (Å²) < 4.78 is 5.73. The molecule has 0 saturated heterocycles. The van der Waals surface area contributed by atoms with Gasteiger partial charge in [-0.25, -0.2) is 0 Å². The van der Waals surface area contributed by atoms with Crippen LogP contribution in [-0.2, 0) is 9.59 Å². The van der Waals surface area contributed by atoms with Gasteiger partial charge in [0.05, 0.1) is 23.6 Å². The Labute approximate surface area is 165 Å². The number of carbonyl (C=O) groups is 2. The van der Waals surface area contributed by atoms with Crippen molar-refractivity contribution in [3.63, 3.8) is 0 Å². The number of nitrogens with zero attached hydrogens (tertiary/aromatic N) is 1. The summed E-state index contributed by atoms with van der Waals surface area (Å²) in [7, 11) is 3.93. The van der Waals surface area contributed by atoms with Crippen LogP contribution in [0.1, 0.15) is 20.3 Å². The van der Waals surface area contributed by atoms with Crippen molar-refractivity contribution >= 4 is 28.9 Å². The zero-order valence-corrected chi connectivity index (χ0v) is 16.7. The molecule has 28 heavy (non-hydrogen) atoms. The molecule has 148 valence electrons. The maximum atomic E-state index is 12.5. The third kappa shape index (κ3) is 4.82. The molecule has 1 fully saturated rings. The fraction of sp³-hybridized carbons (Fsp3) is 0.364. The lowest BCUT2D eigenvalue weighted by molar-refractivity contribution is -0.122. The Morgan fingerprint density at radius 2 is 1.57 bits per heavy atom. The summed E-state index contributed by atoms with van der Waals surface area (Å²) in [6.45, 7) is 3.87. The van der Waals surface area contributed by atoms with Gasteiger partial charge in [0, 0.05) is 25.5 Å². The second-order valence-corrected chi connectivity index (χ2v) is 7.53. The lowest BCUT2D eigenvalue weighted by Crippen LogP contribution is -2.21. The number of amides is 2. The quantitative estimate of drug-likeness (QED) is 0.766. The van der Waals surface area contributed by atoms with Gasteiger partial charge in [-0.3, -0.25) is 9.59 Å². The summed E-state index contributed by atoms with van der Waals surface area (Å²) in [6, 6.07) is 15.0. The van der Waals surface area contributed by atoms with Crippen LogP contribution < -0.4 is 20.3 Å². The Kier molecular flexibility index (Phi) is 5.87. The highest BCUT2D eigenvalue weighted by Crippen LogP contribution is 2.41. The van der Waals surface area contributed by atoms with Gasteiger partial charge in [-0.15, -0.1) is 0 Å². The second kappa shape index (κ2) is 8.33. The van der Waals surface area contributed by atoms with Crippen LogP contribution in [0.5, 0.6) is 5.75 Å². The van der Waals surface area contributed by atoms with Crippen molar-refractivity contribution in [2.24, 2.45) is 11.8 Å². The van der Waals surface area contributed by atoms with E-state index < -0.39 is 0 Å². The summed E-state index contributed by atoms with van der Waals surface area (Å²) in [5, 5.41) is 5.79. The zero-order chi connectivity index (χ0) is 20.3. The molecule has 1 aliphatic rings. The zero-order valence-electron chi connectivity index (χ0n) is 16.7. The molecular weight excluding hydrogens is 354 g/mol. The molecule has 2 unspecified atom stereocenters. The van der Waals surface area contributed by atoms with Gasteiger partial charge in [0.15, 0.2) is 0 Å². The van der Waals surface area contributed by atoms with Crippen LogP contribution in [0.4, 0.5) is 17.1 Å². The van der Waals surface area contributed by atoms with Crippen LogP contribution in [0.2, 0.25) is 0 Å². The van der Waals surface area contributed by atoms with E-state index in [1.54, 1.807) is 6.07 Å². The Morgan fingerprint density at radius 1 is 0.964 bits per heavy atom. The number of rotatable bonds is 7. The Hall–Kier alpha value is -3.02. The minimum absolute atomic E-state index is 0.0105. The molecule has 3 rings (SSSR count). The summed E-state index contributed by atoms with van der Waals surface area (Å²) in [4.78, 5) is 27.0. The molecule has 1 saturated carbocycles. The highest BCUT2D eigenvalue weighted by atomic mass is 16.5. The number of ether oxygens (including phenoxy) is 1. The molecule has 0 spiro atoms. The van der Waals surface area contributed by atoms with Crippen LogP contribution in [0.25, 0.3) is 0 Å². The van der Waals surface area contributed by atoms with Crippen molar-refractivity contribution in [2.45, 2.75) is 26.4 Å². The van der Waals surface area contributed by atoms with Crippen molar-refractivity contribution in [1.82, 2.24) is 0 Å². The minimum Gasteiger partial charge on any atom is -0.489 e. The average Bonchev–Trinajstić information content (AvgIpc) is 3.44. The van der Waals surface area contributed by atoms with Gasteiger partial charge in [-0.2, -0.15) is 0 Å².